The van der Waals surface area contributed by atoms with Crippen molar-refractivity contribution in [1.82, 2.24) is 10.3 Å². The van der Waals surface area contributed by atoms with Crippen molar-refractivity contribution in [3.8, 4) is 0 Å². The molecule has 0 bridgehead atoms. The Morgan fingerprint density at radius 2 is 2.42 bits per heavy atom. The molecule has 0 aromatic carbocycles. The van der Waals surface area contributed by atoms with E-state index in [1.54, 1.807) is 12.3 Å². The van der Waals surface area contributed by atoms with Gasteiger partial charge < -0.3 is 5.32 Å². The van der Waals surface area contributed by atoms with Crippen LogP contribution < -0.4 is 5.32 Å². The van der Waals surface area contributed by atoms with Crippen LogP contribution in [0.3, 0.4) is 0 Å². The van der Waals surface area contributed by atoms with E-state index in [1.165, 1.54) is 0 Å². The summed E-state index contributed by atoms with van der Waals surface area (Å²) >= 11 is 5.69. The van der Waals surface area contributed by atoms with E-state index in [4.69, 9.17) is 11.6 Å². The molecular formula is C9H11ClN2. The molecule has 0 saturated heterocycles. The zero-order valence-electron chi connectivity index (χ0n) is 6.92. The van der Waals surface area contributed by atoms with Crippen molar-refractivity contribution in [3.63, 3.8) is 0 Å². The predicted octanol–water partition coefficient (Wildman–Crippen LogP) is 2.18. The Balaban J connectivity index is 2.87. The molecule has 1 heterocycles. The van der Waals surface area contributed by atoms with E-state index < -0.39 is 0 Å². The van der Waals surface area contributed by atoms with Crippen molar-refractivity contribution in [2.24, 2.45) is 0 Å². The lowest BCUT2D eigenvalue weighted by atomic mass is 10.2. The van der Waals surface area contributed by atoms with Gasteiger partial charge >= 0.3 is 0 Å². The molecule has 0 amide bonds. The number of halogens is 1. The Hall–Kier alpha value is -0.860. The summed E-state index contributed by atoms with van der Waals surface area (Å²) in [6.07, 6.45) is 3.43. The normalized spacial score (nSPS) is 12.5. The van der Waals surface area contributed by atoms with Gasteiger partial charge in [0.15, 0.2) is 0 Å². The van der Waals surface area contributed by atoms with Crippen LogP contribution >= 0.6 is 11.6 Å². The summed E-state index contributed by atoms with van der Waals surface area (Å²) in [5, 5.41) is 3.71. The average molecular weight is 183 g/mol. The Morgan fingerprint density at radius 1 is 1.67 bits per heavy atom. The van der Waals surface area contributed by atoms with Crippen LogP contribution in [0, 0.1) is 0 Å². The van der Waals surface area contributed by atoms with E-state index in [2.05, 4.69) is 16.9 Å². The molecule has 1 unspecified atom stereocenters. The second-order valence-electron chi connectivity index (χ2n) is 2.40. The third-order valence-electron chi connectivity index (χ3n) is 1.62. The molecule has 0 aliphatic heterocycles. The van der Waals surface area contributed by atoms with Gasteiger partial charge in [-0.3, -0.25) is 4.98 Å². The fourth-order valence-electron chi connectivity index (χ4n) is 0.958. The summed E-state index contributed by atoms with van der Waals surface area (Å²) < 4.78 is 0. The number of nitrogens with zero attached hydrogens (tertiary/aromatic N) is 1. The number of rotatable bonds is 3. The van der Waals surface area contributed by atoms with E-state index >= 15 is 0 Å². The molecule has 0 radical (unpaired) electrons. The Bertz CT molecular complexity index is 256. The highest BCUT2D eigenvalue weighted by molar-refractivity contribution is 6.30. The highest BCUT2D eigenvalue weighted by Crippen LogP contribution is 2.13. The number of hydrogen-bond acceptors (Lipinski definition) is 2. The molecule has 0 saturated carbocycles. The van der Waals surface area contributed by atoms with Crippen LogP contribution in [0.1, 0.15) is 11.7 Å². The minimum Gasteiger partial charge on any atom is -0.309 e. The smallest absolute Gasteiger partial charge is 0.0676 e. The third-order valence-corrected chi connectivity index (χ3v) is 1.84. The van der Waals surface area contributed by atoms with Crippen molar-refractivity contribution < 1.29 is 0 Å². The Morgan fingerprint density at radius 3 is 2.83 bits per heavy atom. The first-order valence-corrected chi connectivity index (χ1v) is 4.07. The number of likely N-dealkylation sites (N-methyl/N-ethyl adjacent to an activating group) is 1. The largest absolute Gasteiger partial charge is 0.309 e. The van der Waals surface area contributed by atoms with Crippen LogP contribution in [0.25, 0.3) is 0 Å². The first kappa shape index (κ1) is 9.23. The molecule has 0 spiro atoms. The molecule has 0 aliphatic carbocycles. The minimum atomic E-state index is 0.0993. The van der Waals surface area contributed by atoms with Gasteiger partial charge in [0, 0.05) is 6.20 Å². The lowest BCUT2D eigenvalue weighted by molar-refractivity contribution is 0.694. The highest BCUT2D eigenvalue weighted by atomic mass is 35.5. The van der Waals surface area contributed by atoms with E-state index in [9.17, 15) is 0 Å². The van der Waals surface area contributed by atoms with Gasteiger partial charge in [-0.15, -0.1) is 6.58 Å². The predicted molar refractivity (Wildman–Crippen MR) is 51.2 cm³/mol. The maximum Gasteiger partial charge on any atom is 0.0676 e. The summed E-state index contributed by atoms with van der Waals surface area (Å²) in [6, 6.07) is 3.80. The maximum absolute atomic E-state index is 5.69. The average Bonchev–Trinajstić information content (AvgIpc) is 2.10. The number of pyridine rings is 1. The van der Waals surface area contributed by atoms with Crippen LogP contribution in [-0.4, -0.2) is 12.0 Å². The Labute approximate surface area is 77.3 Å². The number of nitrogens with one attached hydrogen (secondary N) is 1. The number of hydrogen-bond donors (Lipinski definition) is 1. The van der Waals surface area contributed by atoms with Gasteiger partial charge in [0.2, 0.25) is 0 Å². The summed E-state index contributed by atoms with van der Waals surface area (Å²) in [5.41, 5.74) is 0.928. The fraction of sp³-hybridized carbons (Fsp3) is 0.222. The van der Waals surface area contributed by atoms with E-state index in [0.29, 0.717) is 5.02 Å². The second kappa shape index (κ2) is 4.24. The van der Waals surface area contributed by atoms with Gasteiger partial charge in [-0.05, 0) is 19.2 Å². The van der Waals surface area contributed by atoms with Gasteiger partial charge in [0.25, 0.3) is 0 Å². The van der Waals surface area contributed by atoms with Crippen LogP contribution in [0.4, 0.5) is 0 Å². The quantitative estimate of drug-likeness (QED) is 0.725. The molecule has 0 aliphatic rings. The van der Waals surface area contributed by atoms with Crippen LogP contribution in [0.2, 0.25) is 5.02 Å². The maximum atomic E-state index is 5.69. The summed E-state index contributed by atoms with van der Waals surface area (Å²) in [4.78, 5) is 4.15. The summed E-state index contributed by atoms with van der Waals surface area (Å²) in [5.74, 6) is 0. The molecule has 2 nitrogen and oxygen atoms in total. The lowest BCUT2D eigenvalue weighted by Gasteiger charge is -2.09. The number of aromatic nitrogens is 1. The first-order valence-electron chi connectivity index (χ1n) is 3.69. The standard InChI is InChI=1S/C9H11ClN2/c1-3-8(11-2)9-5-4-7(10)6-12-9/h3-6,8,11H,1H2,2H3. The molecule has 1 aromatic heterocycles. The van der Waals surface area contributed by atoms with Crippen LogP contribution in [0.5, 0.6) is 0 Å². The Kier molecular flexibility index (Phi) is 3.26. The van der Waals surface area contributed by atoms with Crippen LogP contribution in [-0.2, 0) is 0 Å². The van der Waals surface area contributed by atoms with E-state index in [0.717, 1.165) is 5.69 Å². The van der Waals surface area contributed by atoms with Gasteiger partial charge in [-0.25, -0.2) is 0 Å². The SMILES string of the molecule is C=CC(NC)c1ccc(Cl)cn1. The molecule has 0 fully saturated rings. The highest BCUT2D eigenvalue weighted by Gasteiger charge is 2.04. The zero-order chi connectivity index (χ0) is 8.97. The summed E-state index contributed by atoms with van der Waals surface area (Å²) in [7, 11) is 1.86. The summed E-state index contributed by atoms with van der Waals surface area (Å²) in [6.45, 7) is 3.70. The molecule has 12 heavy (non-hydrogen) atoms. The molecule has 64 valence electrons. The van der Waals surface area contributed by atoms with E-state index in [-0.39, 0.29) is 6.04 Å². The molecule has 1 aromatic rings. The van der Waals surface area contributed by atoms with Gasteiger partial charge in [0.05, 0.1) is 16.8 Å². The first-order chi connectivity index (χ1) is 5.77. The van der Waals surface area contributed by atoms with E-state index in [1.807, 2.05) is 19.2 Å². The monoisotopic (exact) mass is 182 g/mol. The molecule has 1 atom stereocenters. The van der Waals surface area contributed by atoms with Gasteiger partial charge in [-0.1, -0.05) is 17.7 Å². The van der Waals surface area contributed by atoms with Gasteiger partial charge in [0.1, 0.15) is 0 Å². The molecule has 1 N–H and O–H groups in total. The molecule has 3 heteroatoms. The zero-order valence-corrected chi connectivity index (χ0v) is 7.67. The van der Waals surface area contributed by atoms with Crippen molar-refractivity contribution in [3.05, 3.63) is 41.7 Å². The molecule has 1 rings (SSSR count). The minimum absolute atomic E-state index is 0.0993. The van der Waals surface area contributed by atoms with Crippen molar-refractivity contribution >= 4 is 11.6 Å². The third kappa shape index (κ3) is 2.06. The fourth-order valence-corrected chi connectivity index (χ4v) is 1.07. The second-order valence-corrected chi connectivity index (χ2v) is 2.84. The lowest BCUT2D eigenvalue weighted by Crippen LogP contribution is -2.14. The van der Waals surface area contributed by atoms with Crippen LogP contribution in [0.15, 0.2) is 31.0 Å². The van der Waals surface area contributed by atoms with Crippen molar-refractivity contribution in [2.45, 2.75) is 6.04 Å². The molecular weight excluding hydrogens is 172 g/mol. The topological polar surface area (TPSA) is 24.9 Å². The van der Waals surface area contributed by atoms with Gasteiger partial charge in [-0.2, -0.15) is 0 Å². The van der Waals surface area contributed by atoms with Crippen molar-refractivity contribution in [2.75, 3.05) is 7.05 Å². The van der Waals surface area contributed by atoms with Crippen molar-refractivity contribution in [1.29, 1.82) is 0 Å².